The van der Waals surface area contributed by atoms with E-state index in [9.17, 15) is 15.0 Å². The van der Waals surface area contributed by atoms with Gasteiger partial charge in [-0.2, -0.15) is 0 Å². The van der Waals surface area contributed by atoms with Crippen LogP contribution < -0.4 is 0 Å². The van der Waals surface area contributed by atoms with Crippen LogP contribution in [0.4, 0.5) is 0 Å². The molecular formula is C13H25NO5. The van der Waals surface area contributed by atoms with Crippen molar-refractivity contribution in [1.82, 2.24) is 4.90 Å². The van der Waals surface area contributed by atoms with E-state index in [1.165, 1.54) is 0 Å². The normalized spacial score (nSPS) is 27.3. The summed E-state index contributed by atoms with van der Waals surface area (Å²) >= 11 is 0. The molecular weight excluding hydrogens is 250 g/mol. The molecule has 2 N–H and O–H groups in total. The Kier molecular flexibility index (Phi) is 7.30. The van der Waals surface area contributed by atoms with E-state index < -0.39 is 12.2 Å². The summed E-state index contributed by atoms with van der Waals surface area (Å²) in [7, 11) is 0. The molecule has 1 saturated heterocycles. The summed E-state index contributed by atoms with van der Waals surface area (Å²) in [6, 6.07) is 0. The molecule has 0 aromatic rings. The number of aliphatic hydroxyl groups excluding tert-OH is 2. The molecule has 3 atom stereocenters. The van der Waals surface area contributed by atoms with E-state index in [-0.39, 0.29) is 25.0 Å². The highest BCUT2D eigenvalue weighted by Crippen LogP contribution is 2.17. The van der Waals surface area contributed by atoms with Gasteiger partial charge in [0.15, 0.2) is 0 Å². The summed E-state index contributed by atoms with van der Waals surface area (Å²) in [6.07, 6.45) is -0.874. The molecule has 1 fully saturated rings. The molecule has 6 nitrogen and oxygen atoms in total. The summed E-state index contributed by atoms with van der Waals surface area (Å²) in [5.41, 5.74) is 0. The SMILES string of the molecule is CCCN(C[C@@H]1COC[C@@H](O)[C@H]1O)C(=O)COCC. The predicted molar refractivity (Wildman–Crippen MR) is 69.7 cm³/mol. The molecule has 112 valence electrons. The summed E-state index contributed by atoms with van der Waals surface area (Å²) in [5.74, 6) is -0.336. The lowest BCUT2D eigenvalue weighted by molar-refractivity contribution is -0.145. The predicted octanol–water partition coefficient (Wildman–Crippen LogP) is -0.370. The second-order valence-corrected chi connectivity index (χ2v) is 4.83. The van der Waals surface area contributed by atoms with Gasteiger partial charge in [0, 0.05) is 25.6 Å². The molecule has 0 unspecified atom stereocenters. The van der Waals surface area contributed by atoms with E-state index in [1.807, 2.05) is 13.8 Å². The monoisotopic (exact) mass is 275 g/mol. The molecule has 6 heteroatoms. The number of aliphatic hydroxyl groups is 2. The van der Waals surface area contributed by atoms with Crippen LogP contribution in [0.3, 0.4) is 0 Å². The van der Waals surface area contributed by atoms with Crippen molar-refractivity contribution < 1.29 is 24.5 Å². The van der Waals surface area contributed by atoms with Gasteiger partial charge in [-0.25, -0.2) is 0 Å². The van der Waals surface area contributed by atoms with Crippen molar-refractivity contribution in [2.24, 2.45) is 5.92 Å². The molecule has 0 aromatic carbocycles. The zero-order chi connectivity index (χ0) is 14.3. The van der Waals surface area contributed by atoms with E-state index >= 15 is 0 Å². The maximum absolute atomic E-state index is 12.0. The molecule has 0 bridgehead atoms. The fourth-order valence-electron chi connectivity index (χ4n) is 2.16. The molecule has 19 heavy (non-hydrogen) atoms. The molecule has 1 aliphatic rings. The highest BCUT2D eigenvalue weighted by atomic mass is 16.5. The molecule has 0 aliphatic carbocycles. The number of ether oxygens (including phenoxy) is 2. The molecule has 1 rings (SSSR count). The number of nitrogens with zero attached hydrogens (tertiary/aromatic N) is 1. The topological polar surface area (TPSA) is 79.2 Å². The maximum atomic E-state index is 12.0. The van der Waals surface area contributed by atoms with E-state index in [1.54, 1.807) is 4.90 Å². The van der Waals surface area contributed by atoms with Gasteiger partial charge < -0.3 is 24.6 Å². The number of amides is 1. The van der Waals surface area contributed by atoms with Crippen molar-refractivity contribution >= 4 is 5.91 Å². The Hall–Kier alpha value is -0.690. The molecule has 0 saturated carbocycles. The first-order valence-corrected chi connectivity index (χ1v) is 6.89. The van der Waals surface area contributed by atoms with Crippen LogP contribution in [-0.2, 0) is 14.3 Å². The van der Waals surface area contributed by atoms with Gasteiger partial charge >= 0.3 is 0 Å². The van der Waals surface area contributed by atoms with Crippen LogP contribution >= 0.6 is 0 Å². The van der Waals surface area contributed by atoms with Gasteiger partial charge in [-0.3, -0.25) is 4.79 Å². The Bertz CT molecular complexity index is 274. The minimum absolute atomic E-state index is 0.0583. The maximum Gasteiger partial charge on any atom is 0.248 e. The molecule has 0 radical (unpaired) electrons. The van der Waals surface area contributed by atoms with Crippen LogP contribution in [0.5, 0.6) is 0 Å². The van der Waals surface area contributed by atoms with Gasteiger partial charge in [0.2, 0.25) is 5.91 Å². The Morgan fingerprint density at radius 2 is 2.11 bits per heavy atom. The number of rotatable bonds is 7. The third-order valence-electron chi connectivity index (χ3n) is 3.23. The van der Waals surface area contributed by atoms with E-state index in [4.69, 9.17) is 9.47 Å². The second kappa shape index (κ2) is 8.47. The largest absolute Gasteiger partial charge is 0.390 e. The zero-order valence-electron chi connectivity index (χ0n) is 11.7. The lowest BCUT2D eigenvalue weighted by Crippen LogP contribution is -2.50. The number of hydrogen-bond acceptors (Lipinski definition) is 5. The quantitative estimate of drug-likeness (QED) is 0.663. The van der Waals surface area contributed by atoms with Crippen LogP contribution in [0.1, 0.15) is 20.3 Å². The van der Waals surface area contributed by atoms with Crippen LogP contribution in [0.2, 0.25) is 0 Å². The Balaban J connectivity index is 2.54. The average molecular weight is 275 g/mol. The molecule has 1 amide bonds. The van der Waals surface area contributed by atoms with E-state index in [2.05, 4.69) is 0 Å². The third kappa shape index (κ3) is 5.06. The first kappa shape index (κ1) is 16.4. The number of hydrogen-bond donors (Lipinski definition) is 2. The minimum Gasteiger partial charge on any atom is -0.390 e. The Labute approximate surface area is 114 Å². The lowest BCUT2D eigenvalue weighted by atomic mass is 9.96. The highest BCUT2D eigenvalue weighted by molar-refractivity contribution is 5.77. The molecule has 1 aliphatic heterocycles. The van der Waals surface area contributed by atoms with Crippen molar-refractivity contribution in [3.8, 4) is 0 Å². The summed E-state index contributed by atoms with van der Waals surface area (Å²) in [5, 5.41) is 19.5. The van der Waals surface area contributed by atoms with Gasteiger partial charge in [-0.05, 0) is 13.3 Å². The van der Waals surface area contributed by atoms with Crippen LogP contribution in [0, 0.1) is 5.92 Å². The van der Waals surface area contributed by atoms with E-state index in [0.29, 0.717) is 26.3 Å². The van der Waals surface area contributed by atoms with Gasteiger partial charge in [0.25, 0.3) is 0 Å². The van der Waals surface area contributed by atoms with Crippen molar-refractivity contribution in [2.45, 2.75) is 32.5 Å². The fourth-order valence-corrected chi connectivity index (χ4v) is 2.16. The van der Waals surface area contributed by atoms with Crippen molar-refractivity contribution in [2.75, 3.05) is 39.5 Å². The van der Waals surface area contributed by atoms with Crippen LogP contribution in [0.25, 0.3) is 0 Å². The standard InChI is InChI=1S/C13H25NO5/c1-3-5-14(12(16)9-18-4-2)6-10-7-19-8-11(15)13(10)17/h10-11,13,15,17H,3-9H2,1-2H3/t10-,11-,13+/m1/s1. The minimum atomic E-state index is -0.871. The highest BCUT2D eigenvalue weighted by Gasteiger charge is 2.33. The average Bonchev–Trinajstić information content (AvgIpc) is 2.40. The van der Waals surface area contributed by atoms with Gasteiger partial charge in [-0.15, -0.1) is 0 Å². The zero-order valence-corrected chi connectivity index (χ0v) is 11.7. The van der Waals surface area contributed by atoms with Crippen molar-refractivity contribution in [3.63, 3.8) is 0 Å². The first-order valence-electron chi connectivity index (χ1n) is 6.89. The van der Waals surface area contributed by atoms with E-state index in [0.717, 1.165) is 6.42 Å². The summed E-state index contributed by atoms with van der Waals surface area (Å²) in [6.45, 7) is 5.90. The molecule has 0 spiro atoms. The smallest absolute Gasteiger partial charge is 0.248 e. The Morgan fingerprint density at radius 1 is 1.37 bits per heavy atom. The number of carbonyl (C=O) groups excluding carboxylic acids is 1. The Morgan fingerprint density at radius 3 is 2.74 bits per heavy atom. The summed E-state index contributed by atoms with van der Waals surface area (Å²) < 4.78 is 10.4. The lowest BCUT2D eigenvalue weighted by Gasteiger charge is -2.35. The first-order chi connectivity index (χ1) is 9.10. The summed E-state index contributed by atoms with van der Waals surface area (Å²) in [4.78, 5) is 13.6. The van der Waals surface area contributed by atoms with Gasteiger partial charge in [0.1, 0.15) is 12.7 Å². The van der Waals surface area contributed by atoms with Crippen LogP contribution in [-0.4, -0.2) is 72.7 Å². The van der Waals surface area contributed by atoms with Crippen molar-refractivity contribution in [1.29, 1.82) is 0 Å². The third-order valence-corrected chi connectivity index (χ3v) is 3.23. The number of carbonyl (C=O) groups is 1. The van der Waals surface area contributed by atoms with Gasteiger partial charge in [0.05, 0.1) is 19.3 Å². The van der Waals surface area contributed by atoms with Gasteiger partial charge in [-0.1, -0.05) is 6.92 Å². The second-order valence-electron chi connectivity index (χ2n) is 4.83. The van der Waals surface area contributed by atoms with Crippen molar-refractivity contribution in [3.05, 3.63) is 0 Å². The fraction of sp³-hybridized carbons (Fsp3) is 0.923. The molecule has 1 heterocycles. The van der Waals surface area contributed by atoms with Crippen LogP contribution in [0.15, 0.2) is 0 Å². The molecule has 0 aromatic heterocycles.